The summed E-state index contributed by atoms with van der Waals surface area (Å²) >= 11 is 0. The highest BCUT2D eigenvalue weighted by Crippen LogP contribution is 2.41. The van der Waals surface area contributed by atoms with E-state index in [4.69, 9.17) is 93.4 Å². The van der Waals surface area contributed by atoms with Crippen LogP contribution >= 0.6 is 0 Å². The van der Waals surface area contributed by atoms with E-state index in [9.17, 15) is 0 Å². The van der Waals surface area contributed by atoms with Crippen molar-refractivity contribution in [1.82, 2.24) is 24.1 Å². The summed E-state index contributed by atoms with van der Waals surface area (Å²) < 4.78 is 4.66. The third kappa shape index (κ3) is 5.82. The Balaban J connectivity index is 1.23. The molecule has 0 bridgehead atoms. The van der Waals surface area contributed by atoms with Crippen LogP contribution in [0.2, 0.25) is 0 Å². The number of benzene rings is 8. The van der Waals surface area contributed by atoms with Crippen LogP contribution in [-0.4, -0.2) is 103 Å². The molecule has 11 rings (SSSR count). The van der Waals surface area contributed by atoms with Crippen molar-refractivity contribution >= 4 is 187 Å². The molecule has 0 fully saturated rings. The second kappa shape index (κ2) is 14.9. The van der Waals surface area contributed by atoms with Gasteiger partial charge in [-0.05, 0) is 35.7 Å². The number of hydrogen-bond acceptors (Lipinski definition) is 3. The molecule has 0 atom stereocenters. The van der Waals surface area contributed by atoms with Gasteiger partial charge in [0.1, 0.15) is 78.5 Å². The van der Waals surface area contributed by atoms with E-state index >= 15 is 0 Å². The predicted molar refractivity (Wildman–Crippen MR) is 276 cm³/mol. The molecule has 8 aromatic carbocycles. The lowest BCUT2D eigenvalue weighted by Crippen LogP contribution is -2.55. The first-order chi connectivity index (χ1) is 30.9. The molecule has 272 valence electrons. The van der Waals surface area contributed by atoms with E-state index in [2.05, 4.69) is 112 Å². The number of hydrogen-bond donors (Lipinski definition) is 0. The van der Waals surface area contributed by atoms with Crippen molar-refractivity contribution in [1.29, 1.82) is 0 Å². The second-order valence-electron chi connectivity index (χ2n) is 15.8. The zero-order chi connectivity index (χ0) is 44.3. The number of aromatic nitrogens is 5. The van der Waals surface area contributed by atoms with Crippen LogP contribution in [0.1, 0.15) is 0 Å². The normalized spacial score (nSPS) is 11.8. The molecule has 11 aromatic rings. The van der Waals surface area contributed by atoms with Crippen LogP contribution in [-0.2, 0) is 0 Å². The van der Waals surface area contributed by atoms with E-state index in [-0.39, 0.29) is 83.2 Å². The average Bonchev–Trinajstić information content (AvgIpc) is 3.84. The maximum absolute atomic E-state index is 6.60. The van der Waals surface area contributed by atoms with Crippen molar-refractivity contribution in [3.8, 4) is 45.5 Å². The van der Waals surface area contributed by atoms with E-state index in [1.165, 1.54) is 0 Å². The molecule has 15 heteroatoms. The first-order valence-corrected chi connectivity index (χ1v) is 20.3. The Bertz CT molecular complexity index is 3670. The van der Waals surface area contributed by atoms with E-state index in [1.807, 2.05) is 24.3 Å². The Morgan fingerprint density at radius 2 is 0.734 bits per heavy atom. The summed E-state index contributed by atoms with van der Waals surface area (Å²) in [6.07, 6.45) is 0. The maximum Gasteiger partial charge on any atom is 0.164 e. The summed E-state index contributed by atoms with van der Waals surface area (Å²) in [4.78, 5) is 14.7. The fraction of sp³-hybridized carbons (Fsp3) is 0. The third-order valence-electron chi connectivity index (χ3n) is 12.3. The van der Waals surface area contributed by atoms with Crippen LogP contribution in [0, 0.1) is 0 Å². The summed E-state index contributed by atoms with van der Waals surface area (Å²) in [7, 11) is 64.2. The number of nitrogens with zero attached hydrogens (tertiary/aromatic N) is 5. The lowest BCUT2D eigenvalue weighted by molar-refractivity contribution is 1.08. The van der Waals surface area contributed by atoms with Crippen molar-refractivity contribution in [3.05, 3.63) is 127 Å². The minimum absolute atomic E-state index is 0.0196. The molecule has 0 spiro atoms. The van der Waals surface area contributed by atoms with E-state index in [1.54, 1.807) is 0 Å². The summed E-state index contributed by atoms with van der Waals surface area (Å²) in [6, 6.07) is 44.2. The third-order valence-corrected chi connectivity index (χ3v) is 12.3. The molecule has 0 unspecified atom stereocenters. The fourth-order valence-corrected chi connectivity index (χ4v) is 9.11. The zero-order valence-electron chi connectivity index (χ0n) is 34.1. The van der Waals surface area contributed by atoms with Gasteiger partial charge in [-0.25, -0.2) is 15.0 Å². The van der Waals surface area contributed by atoms with Gasteiger partial charge < -0.3 is 9.13 Å². The highest BCUT2D eigenvalue weighted by molar-refractivity contribution is 6.70. The first kappa shape index (κ1) is 40.1. The van der Waals surface area contributed by atoms with Gasteiger partial charge in [-0.15, -0.1) is 32.8 Å². The maximum atomic E-state index is 6.60. The highest BCUT2D eigenvalue weighted by atomic mass is 15.1. The van der Waals surface area contributed by atoms with Gasteiger partial charge in [0, 0.05) is 43.6 Å². The molecule has 0 amide bonds. The standard InChI is InChI=1S/C49H21B10N5/c50-36-34(37(51)41(55)44(58)40(36)54)48-60-47(61-49(62-48)35-38(52)42(56)45(59)43(57)39(35)53)23-19-20-27-25-12-3-5-15-30(25)63(33(27)21-23)32-18-8-14-28-26-13-4-6-16-31(26)64(46(28)32)29-17-7-10-22-9-1-2-11-24(22)29/h1-21H. The minimum atomic E-state index is 0.0196. The van der Waals surface area contributed by atoms with Crippen LogP contribution in [0.4, 0.5) is 0 Å². The van der Waals surface area contributed by atoms with Crippen LogP contribution in [0.3, 0.4) is 0 Å². The van der Waals surface area contributed by atoms with Crippen molar-refractivity contribution in [3.63, 3.8) is 0 Å². The topological polar surface area (TPSA) is 48.5 Å². The van der Waals surface area contributed by atoms with Gasteiger partial charge in [0.2, 0.25) is 0 Å². The van der Waals surface area contributed by atoms with Gasteiger partial charge in [0.05, 0.1) is 33.4 Å². The molecule has 20 radical (unpaired) electrons. The average molecular weight is 788 g/mol. The van der Waals surface area contributed by atoms with Crippen molar-refractivity contribution in [2.45, 2.75) is 0 Å². The molecule has 0 saturated heterocycles. The Hall–Kier alpha value is -6.72. The van der Waals surface area contributed by atoms with E-state index < -0.39 is 0 Å². The summed E-state index contributed by atoms with van der Waals surface area (Å²) in [5.41, 5.74) is 7.15. The van der Waals surface area contributed by atoms with Gasteiger partial charge >= 0.3 is 0 Å². The fourth-order valence-electron chi connectivity index (χ4n) is 9.11. The van der Waals surface area contributed by atoms with Crippen molar-refractivity contribution in [2.75, 3.05) is 0 Å². The van der Waals surface area contributed by atoms with Crippen molar-refractivity contribution in [2.24, 2.45) is 0 Å². The summed E-state index contributed by atoms with van der Waals surface area (Å²) in [5, 5.41) is 6.55. The molecule has 0 aliphatic carbocycles. The monoisotopic (exact) mass is 789 g/mol. The summed E-state index contributed by atoms with van der Waals surface area (Å²) in [6.45, 7) is 0. The van der Waals surface area contributed by atoms with Gasteiger partial charge in [-0.3, -0.25) is 0 Å². The first-order valence-electron chi connectivity index (χ1n) is 20.3. The Labute approximate surface area is 382 Å². The molecule has 0 N–H and O–H groups in total. The summed E-state index contributed by atoms with van der Waals surface area (Å²) in [5.74, 6) is 0.250. The predicted octanol–water partition coefficient (Wildman–Crippen LogP) is 0.158. The van der Waals surface area contributed by atoms with Gasteiger partial charge in [-0.1, -0.05) is 119 Å². The van der Waals surface area contributed by atoms with E-state index in [0.29, 0.717) is 5.56 Å². The highest BCUT2D eigenvalue weighted by Gasteiger charge is 2.24. The van der Waals surface area contributed by atoms with Gasteiger partial charge in [-0.2, -0.15) is 0 Å². The Morgan fingerprint density at radius 1 is 0.312 bits per heavy atom. The van der Waals surface area contributed by atoms with Crippen LogP contribution in [0.15, 0.2) is 127 Å². The quantitative estimate of drug-likeness (QED) is 0.234. The molecule has 5 nitrogen and oxygen atoms in total. The molecule has 3 heterocycles. The molecule has 64 heavy (non-hydrogen) atoms. The van der Waals surface area contributed by atoms with E-state index in [0.717, 1.165) is 65.8 Å². The largest absolute Gasteiger partial charge is 0.307 e. The minimum Gasteiger partial charge on any atom is -0.307 e. The van der Waals surface area contributed by atoms with Gasteiger partial charge in [0.25, 0.3) is 0 Å². The number of rotatable bonds is 5. The molecule has 3 aromatic heterocycles. The zero-order valence-corrected chi connectivity index (χ0v) is 34.1. The molecule has 0 aliphatic heterocycles. The van der Waals surface area contributed by atoms with Crippen LogP contribution in [0.5, 0.6) is 0 Å². The lowest BCUT2D eigenvalue weighted by Gasteiger charge is -2.22. The molecule has 0 aliphatic rings. The molecule has 0 saturated carbocycles. The Morgan fingerprint density at radius 3 is 1.34 bits per heavy atom. The SMILES string of the molecule is [B]c1c([B])c([B])c(-c2nc(-c3ccc4c5ccccc5n(-c5cccc6c7ccccc7n(-c7cccc8ccccc78)c56)c4c3)nc(-c3c([B])c([B])c([B])c([B])c3[B])n2)c([B])c1[B]. The Kier molecular flexibility index (Phi) is 9.36. The van der Waals surface area contributed by atoms with Crippen LogP contribution in [0.25, 0.3) is 99.9 Å². The second-order valence-corrected chi connectivity index (χ2v) is 15.8. The van der Waals surface area contributed by atoms with Gasteiger partial charge in [0.15, 0.2) is 17.5 Å². The smallest absolute Gasteiger partial charge is 0.164 e. The lowest BCUT2D eigenvalue weighted by atomic mass is 9.60. The molecular formula is C49H21B10N5. The van der Waals surface area contributed by atoms with Crippen molar-refractivity contribution < 1.29 is 0 Å². The molecular weight excluding hydrogens is 767 g/mol. The van der Waals surface area contributed by atoms with Crippen LogP contribution < -0.4 is 54.6 Å². The number of para-hydroxylation sites is 3. The number of fused-ring (bicyclic) bond motifs is 7.